The van der Waals surface area contributed by atoms with Crippen molar-refractivity contribution in [1.29, 1.82) is 0 Å². The fourth-order valence-corrected chi connectivity index (χ4v) is 3.94. The van der Waals surface area contributed by atoms with E-state index >= 15 is 0 Å². The third-order valence-electron chi connectivity index (χ3n) is 5.33. The van der Waals surface area contributed by atoms with Crippen molar-refractivity contribution >= 4 is 5.91 Å². The largest absolute Gasteiger partial charge is 0.496 e. The Labute approximate surface area is 165 Å². The number of methoxy groups -OCH3 is 1. The molecular weight excluding hydrogens is 356 g/mol. The second-order valence-corrected chi connectivity index (χ2v) is 7.12. The molecule has 0 saturated carbocycles. The summed E-state index contributed by atoms with van der Waals surface area (Å²) in [5.41, 5.74) is 2.16. The van der Waals surface area contributed by atoms with Crippen LogP contribution in [0.15, 0.2) is 42.5 Å². The van der Waals surface area contributed by atoms with E-state index in [4.69, 9.17) is 14.2 Å². The smallest absolute Gasteiger partial charge is 0.234 e. The van der Waals surface area contributed by atoms with Crippen LogP contribution in [0.4, 0.5) is 0 Å². The zero-order valence-corrected chi connectivity index (χ0v) is 16.1. The number of carbonyl (C=O) groups excluding carboxylic acids is 1. The van der Waals surface area contributed by atoms with Crippen molar-refractivity contribution in [3.63, 3.8) is 0 Å². The Morgan fingerprint density at radius 1 is 1.18 bits per heavy atom. The molecule has 2 aromatic rings. The zero-order valence-electron chi connectivity index (χ0n) is 16.1. The number of ether oxygens (including phenoxy) is 3. The van der Waals surface area contributed by atoms with Crippen molar-refractivity contribution < 1.29 is 19.0 Å². The number of fused-ring (bicyclic) bond motifs is 1. The molecule has 2 aromatic carbocycles. The lowest BCUT2D eigenvalue weighted by Gasteiger charge is -2.26. The molecule has 0 spiro atoms. The van der Waals surface area contributed by atoms with E-state index in [-0.39, 0.29) is 11.9 Å². The Hall–Kier alpha value is -2.73. The highest BCUT2D eigenvalue weighted by molar-refractivity contribution is 5.78. The molecule has 1 atom stereocenters. The molecule has 0 aromatic heterocycles. The Bertz CT molecular complexity index is 839. The van der Waals surface area contributed by atoms with Gasteiger partial charge in [-0.2, -0.15) is 0 Å². The molecule has 148 valence electrons. The van der Waals surface area contributed by atoms with Crippen LogP contribution in [0.2, 0.25) is 0 Å². The molecule has 4 rings (SSSR count). The normalized spacial score (nSPS) is 18.7. The van der Waals surface area contributed by atoms with Gasteiger partial charge in [-0.1, -0.05) is 24.3 Å². The van der Waals surface area contributed by atoms with Crippen LogP contribution in [0, 0.1) is 0 Å². The fraction of sp³-hybridized carbons (Fsp3) is 0.409. The van der Waals surface area contributed by atoms with E-state index in [9.17, 15) is 4.79 Å². The van der Waals surface area contributed by atoms with Gasteiger partial charge >= 0.3 is 0 Å². The molecule has 1 saturated heterocycles. The third-order valence-corrected chi connectivity index (χ3v) is 5.33. The number of amides is 1. The molecule has 0 unspecified atom stereocenters. The Morgan fingerprint density at radius 3 is 2.86 bits per heavy atom. The van der Waals surface area contributed by atoms with Crippen molar-refractivity contribution in [2.24, 2.45) is 0 Å². The van der Waals surface area contributed by atoms with Gasteiger partial charge in [0.2, 0.25) is 5.91 Å². The molecule has 0 radical (unpaired) electrons. The van der Waals surface area contributed by atoms with Crippen molar-refractivity contribution in [2.75, 3.05) is 33.4 Å². The summed E-state index contributed by atoms with van der Waals surface area (Å²) in [7, 11) is 1.64. The summed E-state index contributed by atoms with van der Waals surface area (Å²) in [6.07, 6.45) is 2.12. The molecule has 2 aliphatic heterocycles. The highest BCUT2D eigenvalue weighted by Crippen LogP contribution is 2.37. The number of carbonyl (C=O) groups is 1. The summed E-state index contributed by atoms with van der Waals surface area (Å²) < 4.78 is 16.7. The van der Waals surface area contributed by atoms with Crippen molar-refractivity contribution in [2.45, 2.75) is 25.4 Å². The lowest BCUT2D eigenvalue weighted by molar-refractivity contribution is -0.122. The van der Waals surface area contributed by atoms with Gasteiger partial charge < -0.3 is 19.5 Å². The first kappa shape index (κ1) is 18.6. The van der Waals surface area contributed by atoms with Gasteiger partial charge in [-0.3, -0.25) is 9.69 Å². The molecule has 1 amide bonds. The number of hydrogen-bond acceptors (Lipinski definition) is 5. The van der Waals surface area contributed by atoms with Crippen molar-refractivity contribution in [3.8, 4) is 17.2 Å². The van der Waals surface area contributed by atoms with Gasteiger partial charge in [0.1, 0.15) is 19.0 Å². The predicted octanol–water partition coefficient (Wildman–Crippen LogP) is 2.92. The van der Waals surface area contributed by atoms with Crippen LogP contribution in [0.5, 0.6) is 17.2 Å². The van der Waals surface area contributed by atoms with E-state index in [1.165, 1.54) is 5.56 Å². The summed E-state index contributed by atoms with van der Waals surface area (Å²) >= 11 is 0. The second kappa shape index (κ2) is 8.52. The predicted molar refractivity (Wildman–Crippen MR) is 106 cm³/mol. The lowest BCUT2D eigenvalue weighted by atomic mass is 10.0. The van der Waals surface area contributed by atoms with E-state index in [0.717, 1.165) is 42.2 Å². The van der Waals surface area contributed by atoms with Crippen LogP contribution in [0.25, 0.3) is 0 Å². The fourth-order valence-electron chi connectivity index (χ4n) is 3.94. The highest BCUT2D eigenvalue weighted by atomic mass is 16.6. The van der Waals surface area contributed by atoms with Crippen LogP contribution in [-0.4, -0.2) is 44.2 Å². The maximum absolute atomic E-state index is 12.5. The Kier molecular flexibility index (Phi) is 5.67. The molecule has 2 heterocycles. The first-order valence-electron chi connectivity index (χ1n) is 9.77. The summed E-state index contributed by atoms with van der Waals surface area (Å²) in [6.45, 7) is 2.94. The minimum Gasteiger partial charge on any atom is -0.496 e. The zero-order chi connectivity index (χ0) is 19.3. The molecule has 28 heavy (non-hydrogen) atoms. The molecule has 1 fully saturated rings. The van der Waals surface area contributed by atoms with Crippen LogP contribution in [-0.2, 0) is 11.3 Å². The maximum atomic E-state index is 12.5. The van der Waals surface area contributed by atoms with Crippen molar-refractivity contribution in [1.82, 2.24) is 10.2 Å². The van der Waals surface area contributed by atoms with Gasteiger partial charge in [-0.25, -0.2) is 0 Å². The molecule has 0 bridgehead atoms. The van der Waals surface area contributed by atoms with Crippen LogP contribution in [0.1, 0.15) is 30.0 Å². The number of rotatable bonds is 6. The Morgan fingerprint density at radius 2 is 2.00 bits per heavy atom. The highest BCUT2D eigenvalue weighted by Gasteiger charge is 2.28. The summed E-state index contributed by atoms with van der Waals surface area (Å²) in [5.74, 6) is 2.42. The number of benzene rings is 2. The first-order valence-corrected chi connectivity index (χ1v) is 9.77. The van der Waals surface area contributed by atoms with Gasteiger partial charge in [-0.05, 0) is 43.1 Å². The van der Waals surface area contributed by atoms with E-state index in [1.54, 1.807) is 7.11 Å². The van der Waals surface area contributed by atoms with Crippen LogP contribution in [0.3, 0.4) is 0 Å². The maximum Gasteiger partial charge on any atom is 0.234 e. The number of likely N-dealkylation sites (tertiary alicyclic amines) is 1. The molecule has 2 aliphatic rings. The topological polar surface area (TPSA) is 60.0 Å². The van der Waals surface area contributed by atoms with E-state index in [2.05, 4.69) is 22.3 Å². The lowest BCUT2D eigenvalue weighted by Crippen LogP contribution is -2.36. The number of hydrogen-bond donors (Lipinski definition) is 1. The van der Waals surface area contributed by atoms with Gasteiger partial charge in [0.15, 0.2) is 11.5 Å². The molecular formula is C22H26N2O4. The van der Waals surface area contributed by atoms with E-state index in [0.29, 0.717) is 26.3 Å². The summed E-state index contributed by atoms with van der Waals surface area (Å²) in [5, 5.41) is 3.02. The van der Waals surface area contributed by atoms with E-state index in [1.807, 2.05) is 30.3 Å². The minimum atomic E-state index is 0.0235. The number of nitrogens with one attached hydrogen (secondary N) is 1. The number of para-hydroxylation sites is 1. The quantitative estimate of drug-likeness (QED) is 0.832. The average Bonchev–Trinajstić information content (AvgIpc) is 3.20. The second-order valence-electron chi connectivity index (χ2n) is 7.12. The summed E-state index contributed by atoms with van der Waals surface area (Å²) in [6, 6.07) is 14.1. The number of nitrogens with zero attached hydrogens (tertiary/aromatic N) is 1. The minimum absolute atomic E-state index is 0.0235. The van der Waals surface area contributed by atoms with Gasteiger partial charge in [0, 0.05) is 18.2 Å². The van der Waals surface area contributed by atoms with Gasteiger partial charge in [-0.15, -0.1) is 0 Å². The Balaban J connectivity index is 1.38. The average molecular weight is 382 g/mol. The van der Waals surface area contributed by atoms with Gasteiger partial charge in [0.05, 0.1) is 13.7 Å². The monoisotopic (exact) mass is 382 g/mol. The molecule has 6 heteroatoms. The molecule has 1 N–H and O–H groups in total. The van der Waals surface area contributed by atoms with Crippen LogP contribution >= 0.6 is 0 Å². The SMILES string of the molecule is COc1ccccc1CNC(=O)CN1CCC[C@@H]1c1ccc2c(c1)OCCO2. The van der Waals surface area contributed by atoms with Gasteiger partial charge in [0.25, 0.3) is 0 Å². The standard InChI is InChI=1S/C22H26N2O4/c1-26-19-7-3-2-5-17(19)14-23-22(25)15-24-10-4-6-18(24)16-8-9-20-21(13-16)28-12-11-27-20/h2-3,5,7-9,13,18H,4,6,10-12,14-15H2,1H3,(H,23,25)/t18-/m1/s1. The third kappa shape index (κ3) is 4.07. The molecule has 0 aliphatic carbocycles. The van der Waals surface area contributed by atoms with Crippen LogP contribution < -0.4 is 19.5 Å². The van der Waals surface area contributed by atoms with E-state index < -0.39 is 0 Å². The molecule has 6 nitrogen and oxygen atoms in total. The first-order chi connectivity index (χ1) is 13.7. The van der Waals surface area contributed by atoms with Crippen molar-refractivity contribution in [3.05, 3.63) is 53.6 Å². The summed E-state index contributed by atoms with van der Waals surface area (Å²) in [4.78, 5) is 14.8.